The molecule has 1 unspecified atom stereocenters. The van der Waals surface area contributed by atoms with Crippen molar-refractivity contribution in [3.8, 4) is 0 Å². The van der Waals surface area contributed by atoms with Crippen molar-refractivity contribution >= 4 is 28.9 Å². The Balaban J connectivity index is 2.44. The first-order chi connectivity index (χ1) is 9.36. The molecule has 1 heterocycles. The molecular weight excluding hydrogens is 280 g/mol. The van der Waals surface area contributed by atoms with Crippen LogP contribution in [-0.2, 0) is 4.74 Å². The summed E-state index contributed by atoms with van der Waals surface area (Å²) in [6, 6.07) is 3.03. The molecule has 0 saturated carbocycles. The summed E-state index contributed by atoms with van der Waals surface area (Å²) >= 11 is 6.22. The van der Waals surface area contributed by atoms with Gasteiger partial charge in [-0.1, -0.05) is 11.6 Å². The molecule has 2 rings (SSSR count). The standard InChI is InChI=1S/C14H19ClN2O3/c1-14(20-2)4-3-5-17(8-14)12-10(13(18)19)6-9(16)7-11(12)15/h6-7H,3-5,8,16H2,1-2H3,(H,18,19). The van der Waals surface area contributed by atoms with Crippen LogP contribution in [0.4, 0.5) is 11.4 Å². The molecule has 1 saturated heterocycles. The molecule has 1 aromatic carbocycles. The summed E-state index contributed by atoms with van der Waals surface area (Å²) in [4.78, 5) is 13.4. The number of carboxylic acids is 1. The van der Waals surface area contributed by atoms with Crippen LogP contribution >= 0.6 is 11.6 Å². The van der Waals surface area contributed by atoms with Crippen molar-refractivity contribution in [2.75, 3.05) is 30.8 Å². The third-order valence-electron chi connectivity index (χ3n) is 3.78. The van der Waals surface area contributed by atoms with Crippen LogP contribution in [0.3, 0.4) is 0 Å². The van der Waals surface area contributed by atoms with Gasteiger partial charge in [-0.2, -0.15) is 0 Å². The highest BCUT2D eigenvalue weighted by Gasteiger charge is 2.33. The van der Waals surface area contributed by atoms with E-state index in [0.717, 1.165) is 19.4 Å². The van der Waals surface area contributed by atoms with E-state index in [1.54, 1.807) is 13.2 Å². The minimum Gasteiger partial charge on any atom is -0.478 e. The number of nitrogens with zero attached hydrogens (tertiary/aromatic N) is 1. The van der Waals surface area contributed by atoms with Gasteiger partial charge in [0.25, 0.3) is 0 Å². The monoisotopic (exact) mass is 298 g/mol. The number of carboxylic acid groups (broad SMARTS) is 1. The number of hydrogen-bond donors (Lipinski definition) is 2. The molecule has 1 aromatic rings. The average Bonchev–Trinajstić information content (AvgIpc) is 2.37. The third-order valence-corrected chi connectivity index (χ3v) is 4.07. The van der Waals surface area contributed by atoms with E-state index in [1.165, 1.54) is 6.07 Å². The molecule has 1 aliphatic rings. The van der Waals surface area contributed by atoms with Crippen LogP contribution < -0.4 is 10.6 Å². The van der Waals surface area contributed by atoms with Crippen molar-refractivity contribution in [2.45, 2.75) is 25.4 Å². The van der Waals surface area contributed by atoms with Crippen molar-refractivity contribution < 1.29 is 14.6 Å². The first-order valence-corrected chi connectivity index (χ1v) is 6.86. The quantitative estimate of drug-likeness (QED) is 0.839. The summed E-state index contributed by atoms with van der Waals surface area (Å²) in [5, 5.41) is 9.72. The number of carbonyl (C=O) groups is 1. The largest absolute Gasteiger partial charge is 0.478 e. The lowest BCUT2D eigenvalue weighted by Crippen LogP contribution is -2.48. The number of aromatic carboxylic acids is 1. The van der Waals surface area contributed by atoms with Gasteiger partial charge < -0.3 is 20.5 Å². The lowest BCUT2D eigenvalue weighted by Gasteiger charge is -2.41. The lowest BCUT2D eigenvalue weighted by atomic mass is 9.93. The Labute approximate surface area is 123 Å². The molecule has 0 bridgehead atoms. The van der Waals surface area contributed by atoms with Crippen molar-refractivity contribution in [2.24, 2.45) is 0 Å². The van der Waals surface area contributed by atoms with Crippen molar-refractivity contribution in [3.63, 3.8) is 0 Å². The first kappa shape index (κ1) is 14.9. The number of halogens is 1. The molecule has 6 heteroatoms. The Morgan fingerprint density at radius 1 is 1.55 bits per heavy atom. The molecule has 0 amide bonds. The van der Waals surface area contributed by atoms with E-state index in [0.29, 0.717) is 22.9 Å². The van der Waals surface area contributed by atoms with Gasteiger partial charge in [-0.15, -0.1) is 0 Å². The van der Waals surface area contributed by atoms with Gasteiger partial charge in [-0.3, -0.25) is 0 Å². The highest BCUT2D eigenvalue weighted by Crippen LogP contribution is 2.36. The molecular formula is C14H19ClN2O3. The van der Waals surface area contributed by atoms with E-state index in [2.05, 4.69) is 0 Å². The molecule has 0 aliphatic carbocycles. The molecule has 0 radical (unpaired) electrons. The van der Waals surface area contributed by atoms with Gasteiger partial charge in [0.15, 0.2) is 0 Å². The van der Waals surface area contributed by atoms with Crippen molar-refractivity contribution in [1.82, 2.24) is 0 Å². The van der Waals surface area contributed by atoms with Crippen molar-refractivity contribution in [1.29, 1.82) is 0 Å². The topological polar surface area (TPSA) is 75.8 Å². The van der Waals surface area contributed by atoms with Crippen LogP contribution in [0.5, 0.6) is 0 Å². The van der Waals surface area contributed by atoms with Gasteiger partial charge in [0.2, 0.25) is 0 Å². The number of nitrogens with two attached hydrogens (primary N) is 1. The fourth-order valence-corrected chi connectivity index (χ4v) is 3.01. The zero-order chi connectivity index (χ0) is 14.9. The van der Waals surface area contributed by atoms with Gasteiger partial charge >= 0.3 is 5.97 Å². The predicted molar refractivity (Wildman–Crippen MR) is 79.7 cm³/mol. The Morgan fingerprint density at radius 3 is 2.85 bits per heavy atom. The number of ether oxygens (including phenoxy) is 1. The van der Waals surface area contributed by atoms with Gasteiger partial charge in [0.1, 0.15) is 0 Å². The van der Waals surface area contributed by atoms with Crippen LogP contribution in [0.25, 0.3) is 0 Å². The van der Waals surface area contributed by atoms with Crippen LogP contribution in [0.15, 0.2) is 12.1 Å². The Kier molecular flexibility index (Phi) is 4.11. The second-order valence-electron chi connectivity index (χ2n) is 5.38. The number of nitrogen functional groups attached to an aromatic ring is 1. The van der Waals surface area contributed by atoms with Gasteiger partial charge in [-0.25, -0.2) is 4.79 Å². The maximum absolute atomic E-state index is 11.4. The second-order valence-corrected chi connectivity index (χ2v) is 5.79. The summed E-state index contributed by atoms with van der Waals surface area (Å²) in [6.07, 6.45) is 1.86. The molecule has 0 spiro atoms. The summed E-state index contributed by atoms with van der Waals surface area (Å²) in [5.41, 5.74) is 6.40. The minimum absolute atomic E-state index is 0.135. The molecule has 0 aromatic heterocycles. The zero-order valence-corrected chi connectivity index (χ0v) is 12.4. The van der Waals surface area contributed by atoms with Crippen LogP contribution in [0.1, 0.15) is 30.1 Å². The van der Waals surface area contributed by atoms with Gasteiger partial charge in [-0.05, 0) is 31.9 Å². The highest BCUT2D eigenvalue weighted by molar-refractivity contribution is 6.34. The molecule has 5 nitrogen and oxygen atoms in total. The Morgan fingerprint density at radius 2 is 2.25 bits per heavy atom. The Hall–Kier alpha value is -1.46. The van der Waals surface area contributed by atoms with E-state index in [-0.39, 0.29) is 11.2 Å². The number of rotatable bonds is 3. The van der Waals surface area contributed by atoms with E-state index < -0.39 is 5.97 Å². The van der Waals surface area contributed by atoms with Crippen LogP contribution in [-0.4, -0.2) is 36.9 Å². The average molecular weight is 299 g/mol. The van der Waals surface area contributed by atoms with Crippen LogP contribution in [0.2, 0.25) is 5.02 Å². The molecule has 1 fully saturated rings. The summed E-state index contributed by atoms with van der Waals surface area (Å²) in [6.45, 7) is 3.38. The molecule has 1 atom stereocenters. The summed E-state index contributed by atoms with van der Waals surface area (Å²) < 4.78 is 5.54. The fraction of sp³-hybridized carbons (Fsp3) is 0.500. The number of hydrogen-bond acceptors (Lipinski definition) is 4. The number of methoxy groups -OCH3 is 1. The lowest BCUT2D eigenvalue weighted by molar-refractivity contribution is -0.00471. The van der Waals surface area contributed by atoms with Gasteiger partial charge in [0.05, 0.1) is 21.9 Å². The maximum Gasteiger partial charge on any atom is 0.337 e. The minimum atomic E-state index is -1.03. The zero-order valence-electron chi connectivity index (χ0n) is 11.6. The number of anilines is 2. The molecule has 1 aliphatic heterocycles. The Bertz CT molecular complexity index is 535. The van der Waals surface area contributed by atoms with Crippen LogP contribution in [0, 0.1) is 0 Å². The molecule has 20 heavy (non-hydrogen) atoms. The summed E-state index contributed by atoms with van der Waals surface area (Å²) in [7, 11) is 1.67. The van der Waals surface area contributed by atoms with E-state index >= 15 is 0 Å². The molecule has 110 valence electrons. The predicted octanol–water partition coefficient (Wildman–Crippen LogP) is 2.63. The highest BCUT2D eigenvalue weighted by atomic mass is 35.5. The summed E-state index contributed by atoms with van der Waals surface area (Å²) in [5.74, 6) is -1.03. The molecule has 3 N–H and O–H groups in total. The van der Waals surface area contributed by atoms with E-state index in [1.807, 2.05) is 11.8 Å². The second kappa shape index (κ2) is 5.50. The van der Waals surface area contributed by atoms with E-state index in [9.17, 15) is 9.90 Å². The maximum atomic E-state index is 11.4. The number of benzene rings is 1. The third kappa shape index (κ3) is 2.83. The van der Waals surface area contributed by atoms with Gasteiger partial charge in [0, 0.05) is 25.9 Å². The number of piperidine rings is 1. The SMILES string of the molecule is COC1(C)CCCN(c2c(Cl)cc(N)cc2C(=O)O)C1. The van der Waals surface area contributed by atoms with E-state index in [4.69, 9.17) is 22.1 Å². The van der Waals surface area contributed by atoms with Crippen molar-refractivity contribution in [3.05, 3.63) is 22.7 Å². The smallest absolute Gasteiger partial charge is 0.337 e. The first-order valence-electron chi connectivity index (χ1n) is 6.49. The normalized spacial score (nSPS) is 22.9. The fourth-order valence-electron chi connectivity index (χ4n) is 2.67.